The second kappa shape index (κ2) is 8.74. The summed E-state index contributed by atoms with van der Waals surface area (Å²) in [6, 6.07) is 7.23. The van der Waals surface area contributed by atoms with Gasteiger partial charge in [-0.2, -0.15) is 0 Å². The molecule has 0 unspecified atom stereocenters. The van der Waals surface area contributed by atoms with Crippen LogP contribution in [0.4, 0.5) is 0 Å². The van der Waals surface area contributed by atoms with Crippen molar-refractivity contribution < 1.29 is 19.4 Å². The molecule has 1 N–H and O–H groups in total. The molecule has 3 rings (SSSR count). The predicted molar refractivity (Wildman–Crippen MR) is 103 cm³/mol. The van der Waals surface area contributed by atoms with Crippen LogP contribution in [0.2, 0.25) is 0 Å². The number of aliphatic hydroxyl groups is 1. The Bertz CT molecular complexity index is 647. The van der Waals surface area contributed by atoms with Crippen LogP contribution in [0.5, 0.6) is 5.75 Å². The summed E-state index contributed by atoms with van der Waals surface area (Å²) in [6.45, 7) is 5.68. The maximum absolute atomic E-state index is 12.6. The summed E-state index contributed by atoms with van der Waals surface area (Å²) < 4.78 is 6.05. The van der Waals surface area contributed by atoms with Gasteiger partial charge >= 0.3 is 0 Å². The van der Waals surface area contributed by atoms with Crippen molar-refractivity contribution in [3.05, 3.63) is 29.8 Å². The molecule has 1 saturated heterocycles. The molecular weight excluding hydrogens is 344 g/mol. The van der Waals surface area contributed by atoms with Crippen molar-refractivity contribution in [3.63, 3.8) is 0 Å². The Morgan fingerprint density at radius 2 is 1.78 bits per heavy atom. The standard InChI is InChI=1S/C21H30N2O4/c1-15(2)23(13-14-24)21(26)17-5-7-18(8-6-17)27-19-9-11-22(12-10-19)20(25)16-3-4-16/h5-8,15-16,19,24H,3-4,9-14H2,1-2H3. The molecule has 2 amide bonds. The molecule has 1 aromatic carbocycles. The molecule has 0 radical (unpaired) electrons. The van der Waals surface area contributed by atoms with E-state index in [4.69, 9.17) is 9.84 Å². The van der Waals surface area contributed by atoms with Crippen molar-refractivity contribution >= 4 is 11.8 Å². The smallest absolute Gasteiger partial charge is 0.254 e. The fourth-order valence-corrected chi connectivity index (χ4v) is 3.52. The summed E-state index contributed by atoms with van der Waals surface area (Å²) in [4.78, 5) is 28.3. The highest BCUT2D eigenvalue weighted by atomic mass is 16.5. The molecule has 0 aromatic heterocycles. The molecule has 1 aromatic rings. The second-order valence-electron chi connectivity index (χ2n) is 7.76. The van der Waals surface area contributed by atoms with Crippen LogP contribution in [-0.4, -0.2) is 65.1 Å². The topological polar surface area (TPSA) is 70.1 Å². The molecule has 1 aliphatic carbocycles. The van der Waals surface area contributed by atoms with Crippen molar-refractivity contribution in [2.24, 2.45) is 5.92 Å². The molecule has 148 valence electrons. The van der Waals surface area contributed by atoms with Crippen molar-refractivity contribution in [1.82, 2.24) is 9.80 Å². The van der Waals surface area contributed by atoms with Gasteiger partial charge in [0.05, 0.1) is 6.61 Å². The first kappa shape index (κ1) is 19.7. The molecule has 1 heterocycles. The van der Waals surface area contributed by atoms with Crippen LogP contribution in [0, 0.1) is 5.92 Å². The lowest BCUT2D eigenvalue weighted by Crippen LogP contribution is -2.42. The molecule has 0 spiro atoms. The molecule has 6 nitrogen and oxygen atoms in total. The summed E-state index contributed by atoms with van der Waals surface area (Å²) in [5.74, 6) is 1.26. The largest absolute Gasteiger partial charge is 0.490 e. The number of ether oxygens (including phenoxy) is 1. The lowest BCUT2D eigenvalue weighted by Gasteiger charge is -2.32. The normalized spacial score (nSPS) is 17.9. The number of nitrogens with zero attached hydrogens (tertiary/aromatic N) is 2. The number of amides is 2. The minimum atomic E-state index is -0.0857. The Balaban J connectivity index is 1.52. The van der Waals surface area contributed by atoms with Gasteiger partial charge in [-0.05, 0) is 51.0 Å². The van der Waals surface area contributed by atoms with Gasteiger partial charge in [0.2, 0.25) is 5.91 Å². The summed E-state index contributed by atoms with van der Waals surface area (Å²) in [5, 5.41) is 9.16. The molecule has 2 fully saturated rings. The molecule has 2 aliphatic rings. The average Bonchev–Trinajstić information content (AvgIpc) is 3.51. The number of carbonyl (C=O) groups excluding carboxylic acids is 2. The van der Waals surface area contributed by atoms with Gasteiger partial charge in [0, 0.05) is 50.0 Å². The fraction of sp³-hybridized carbons (Fsp3) is 0.619. The van der Waals surface area contributed by atoms with Crippen molar-refractivity contribution in [2.45, 2.75) is 51.7 Å². The first-order valence-electron chi connectivity index (χ1n) is 9.97. The van der Waals surface area contributed by atoms with E-state index in [1.54, 1.807) is 17.0 Å². The molecule has 1 saturated carbocycles. The Morgan fingerprint density at radius 1 is 1.15 bits per heavy atom. The van der Waals surface area contributed by atoms with Crippen LogP contribution in [0.1, 0.15) is 49.9 Å². The Hall–Kier alpha value is -2.08. The van der Waals surface area contributed by atoms with Crippen molar-refractivity contribution in [2.75, 3.05) is 26.2 Å². The third-order valence-electron chi connectivity index (χ3n) is 5.31. The van der Waals surface area contributed by atoms with Gasteiger partial charge in [0.1, 0.15) is 11.9 Å². The molecule has 1 aliphatic heterocycles. The lowest BCUT2D eigenvalue weighted by molar-refractivity contribution is -0.134. The van der Waals surface area contributed by atoms with Crippen LogP contribution in [-0.2, 0) is 4.79 Å². The van der Waals surface area contributed by atoms with Crippen LogP contribution in [0.15, 0.2) is 24.3 Å². The van der Waals surface area contributed by atoms with Gasteiger partial charge in [-0.1, -0.05) is 0 Å². The quantitative estimate of drug-likeness (QED) is 0.795. The number of hydrogen-bond acceptors (Lipinski definition) is 4. The van der Waals surface area contributed by atoms with Gasteiger partial charge in [-0.25, -0.2) is 0 Å². The maximum Gasteiger partial charge on any atom is 0.254 e. The van der Waals surface area contributed by atoms with Gasteiger partial charge in [-0.3, -0.25) is 9.59 Å². The van der Waals surface area contributed by atoms with Crippen molar-refractivity contribution in [3.8, 4) is 5.75 Å². The van der Waals surface area contributed by atoms with E-state index in [1.165, 1.54) is 0 Å². The first-order valence-corrected chi connectivity index (χ1v) is 9.97. The molecule has 6 heteroatoms. The van der Waals surface area contributed by atoms with Gasteiger partial charge < -0.3 is 19.6 Å². The number of benzene rings is 1. The lowest BCUT2D eigenvalue weighted by atomic mass is 10.1. The van der Waals surface area contributed by atoms with Gasteiger partial charge in [-0.15, -0.1) is 0 Å². The zero-order valence-corrected chi connectivity index (χ0v) is 16.3. The summed E-state index contributed by atoms with van der Waals surface area (Å²) in [7, 11) is 0. The van der Waals surface area contributed by atoms with E-state index in [-0.39, 0.29) is 30.6 Å². The number of piperidine rings is 1. The van der Waals surface area contributed by atoms with E-state index in [0.29, 0.717) is 18.0 Å². The summed E-state index contributed by atoms with van der Waals surface area (Å²) in [6.07, 6.45) is 3.89. The van der Waals surface area contributed by atoms with E-state index in [2.05, 4.69) is 0 Å². The Kier molecular flexibility index (Phi) is 6.37. The number of rotatable bonds is 7. The van der Waals surface area contributed by atoms with E-state index in [0.717, 1.165) is 44.5 Å². The molecule has 0 atom stereocenters. The van der Waals surface area contributed by atoms with Crippen LogP contribution in [0.3, 0.4) is 0 Å². The van der Waals surface area contributed by atoms with Crippen LogP contribution < -0.4 is 4.74 Å². The minimum Gasteiger partial charge on any atom is -0.490 e. The van der Waals surface area contributed by atoms with Gasteiger partial charge in [0.25, 0.3) is 5.91 Å². The third-order valence-corrected chi connectivity index (χ3v) is 5.31. The first-order chi connectivity index (χ1) is 13.0. The molecular formula is C21H30N2O4. The summed E-state index contributed by atoms with van der Waals surface area (Å²) in [5.41, 5.74) is 0.592. The fourth-order valence-electron chi connectivity index (χ4n) is 3.52. The van der Waals surface area contributed by atoms with Crippen molar-refractivity contribution in [1.29, 1.82) is 0 Å². The zero-order chi connectivity index (χ0) is 19.4. The van der Waals surface area contributed by atoms with Crippen LogP contribution >= 0.6 is 0 Å². The highest BCUT2D eigenvalue weighted by Gasteiger charge is 2.35. The highest BCUT2D eigenvalue weighted by Crippen LogP contribution is 2.32. The predicted octanol–water partition coefficient (Wildman–Crippen LogP) is 2.31. The van der Waals surface area contributed by atoms with E-state index < -0.39 is 0 Å². The highest BCUT2D eigenvalue weighted by molar-refractivity contribution is 5.94. The summed E-state index contributed by atoms with van der Waals surface area (Å²) >= 11 is 0. The Morgan fingerprint density at radius 3 is 2.30 bits per heavy atom. The minimum absolute atomic E-state index is 0.0316. The monoisotopic (exact) mass is 374 g/mol. The second-order valence-corrected chi connectivity index (χ2v) is 7.76. The molecule has 0 bridgehead atoms. The molecule has 27 heavy (non-hydrogen) atoms. The van der Waals surface area contributed by atoms with Crippen LogP contribution in [0.25, 0.3) is 0 Å². The van der Waals surface area contributed by atoms with E-state index in [1.807, 2.05) is 30.9 Å². The van der Waals surface area contributed by atoms with Gasteiger partial charge in [0.15, 0.2) is 0 Å². The maximum atomic E-state index is 12.6. The number of aliphatic hydroxyl groups excluding tert-OH is 1. The van der Waals surface area contributed by atoms with E-state index in [9.17, 15) is 9.59 Å². The Labute approximate surface area is 161 Å². The number of carbonyl (C=O) groups is 2. The zero-order valence-electron chi connectivity index (χ0n) is 16.3. The number of hydrogen-bond donors (Lipinski definition) is 1. The average molecular weight is 374 g/mol. The van der Waals surface area contributed by atoms with E-state index >= 15 is 0 Å². The number of likely N-dealkylation sites (tertiary alicyclic amines) is 1. The third kappa shape index (κ3) is 5.01. The SMILES string of the molecule is CC(C)N(CCO)C(=O)c1ccc(OC2CCN(C(=O)C3CC3)CC2)cc1.